The maximum atomic E-state index is 12.5. The lowest BCUT2D eigenvalue weighted by Crippen LogP contribution is -2.35. The van der Waals surface area contributed by atoms with Crippen LogP contribution in [0.25, 0.3) is 11.0 Å². The van der Waals surface area contributed by atoms with Crippen LogP contribution in [-0.2, 0) is 7.05 Å². The molecule has 1 heterocycles. The van der Waals surface area contributed by atoms with E-state index in [9.17, 15) is 9.59 Å². The molecule has 5 heteroatoms. The van der Waals surface area contributed by atoms with Crippen LogP contribution in [-0.4, -0.2) is 15.5 Å². The number of nitrogens with one attached hydrogen (secondary N) is 1. The number of para-hydroxylation sites is 2. The van der Waals surface area contributed by atoms with E-state index in [2.05, 4.69) is 10.3 Å². The van der Waals surface area contributed by atoms with Gasteiger partial charge in [0, 0.05) is 7.05 Å². The maximum Gasteiger partial charge on any atom is 0.282 e. The Kier molecular flexibility index (Phi) is 3.93. The van der Waals surface area contributed by atoms with Gasteiger partial charge in [0.1, 0.15) is 0 Å². The minimum absolute atomic E-state index is 0.0889. The van der Waals surface area contributed by atoms with Crippen LogP contribution >= 0.6 is 0 Å². The van der Waals surface area contributed by atoms with E-state index in [1.807, 2.05) is 49.4 Å². The number of carbonyl (C=O) groups is 1. The predicted molar refractivity (Wildman–Crippen MR) is 89.3 cm³/mol. The summed E-state index contributed by atoms with van der Waals surface area (Å²) in [6.07, 6.45) is 0. The van der Waals surface area contributed by atoms with Crippen LogP contribution in [0.3, 0.4) is 0 Å². The summed E-state index contributed by atoms with van der Waals surface area (Å²) in [5.74, 6) is -0.465. The van der Waals surface area contributed by atoms with Crippen LogP contribution in [0.15, 0.2) is 59.4 Å². The number of hydrogen-bond acceptors (Lipinski definition) is 3. The summed E-state index contributed by atoms with van der Waals surface area (Å²) < 4.78 is 1.45. The Hall–Kier alpha value is -2.95. The van der Waals surface area contributed by atoms with Crippen molar-refractivity contribution >= 4 is 16.9 Å². The third kappa shape index (κ3) is 2.85. The molecule has 116 valence electrons. The molecule has 0 fully saturated rings. The van der Waals surface area contributed by atoms with Crippen molar-refractivity contribution in [1.29, 1.82) is 0 Å². The van der Waals surface area contributed by atoms with Crippen LogP contribution in [0.4, 0.5) is 0 Å². The molecular formula is C18H17N3O2. The van der Waals surface area contributed by atoms with E-state index in [0.29, 0.717) is 11.0 Å². The lowest BCUT2D eigenvalue weighted by molar-refractivity contribution is 0.0933. The van der Waals surface area contributed by atoms with Crippen molar-refractivity contribution in [2.75, 3.05) is 0 Å². The average Bonchev–Trinajstić information content (AvgIpc) is 2.58. The zero-order chi connectivity index (χ0) is 16.4. The molecule has 2 aromatic carbocycles. The first kappa shape index (κ1) is 15.0. The Morgan fingerprint density at radius 3 is 2.48 bits per heavy atom. The molecule has 0 saturated carbocycles. The highest BCUT2D eigenvalue weighted by Crippen LogP contribution is 2.12. The lowest BCUT2D eigenvalue weighted by Gasteiger charge is -2.14. The van der Waals surface area contributed by atoms with Gasteiger partial charge in [-0.2, -0.15) is 0 Å². The molecule has 0 aliphatic carbocycles. The molecule has 1 aromatic heterocycles. The fourth-order valence-electron chi connectivity index (χ4n) is 2.52. The summed E-state index contributed by atoms with van der Waals surface area (Å²) in [7, 11) is 1.64. The smallest absolute Gasteiger partial charge is 0.282 e. The fraction of sp³-hybridized carbons (Fsp3) is 0.167. The molecule has 1 atom stereocenters. The summed E-state index contributed by atoms with van der Waals surface area (Å²) in [6.45, 7) is 1.87. The van der Waals surface area contributed by atoms with E-state index < -0.39 is 11.5 Å². The monoisotopic (exact) mass is 307 g/mol. The summed E-state index contributed by atoms with van der Waals surface area (Å²) >= 11 is 0. The first-order valence-corrected chi connectivity index (χ1v) is 7.39. The minimum Gasteiger partial charge on any atom is -0.344 e. The van der Waals surface area contributed by atoms with Gasteiger partial charge in [-0.1, -0.05) is 42.5 Å². The molecule has 0 radical (unpaired) electrons. The van der Waals surface area contributed by atoms with Gasteiger partial charge in [0.15, 0.2) is 5.69 Å². The number of aromatic nitrogens is 2. The first-order valence-electron chi connectivity index (χ1n) is 7.39. The van der Waals surface area contributed by atoms with Crippen molar-refractivity contribution in [2.24, 2.45) is 7.05 Å². The van der Waals surface area contributed by atoms with Gasteiger partial charge in [-0.15, -0.1) is 0 Å². The van der Waals surface area contributed by atoms with Gasteiger partial charge in [-0.25, -0.2) is 4.98 Å². The fourth-order valence-corrected chi connectivity index (χ4v) is 2.52. The van der Waals surface area contributed by atoms with E-state index in [1.54, 1.807) is 19.2 Å². The molecule has 0 aliphatic heterocycles. The zero-order valence-corrected chi connectivity index (χ0v) is 13.0. The van der Waals surface area contributed by atoms with Crippen molar-refractivity contribution < 1.29 is 4.79 Å². The standard InChI is InChI=1S/C18H17N3O2/c1-12(13-8-4-3-5-9-13)19-17(22)16-18(23)21(2)15-11-7-6-10-14(15)20-16/h3-12H,1-2H3,(H,19,22)/t12-/m1/s1. The summed E-state index contributed by atoms with van der Waals surface area (Å²) in [5, 5.41) is 2.83. The number of aryl methyl sites for hydroxylation is 1. The largest absolute Gasteiger partial charge is 0.344 e. The molecule has 0 aliphatic rings. The van der Waals surface area contributed by atoms with Gasteiger partial charge >= 0.3 is 0 Å². The number of rotatable bonds is 3. The Morgan fingerprint density at radius 1 is 1.09 bits per heavy atom. The highest BCUT2D eigenvalue weighted by molar-refractivity contribution is 5.94. The summed E-state index contributed by atoms with van der Waals surface area (Å²) in [4.78, 5) is 29.1. The van der Waals surface area contributed by atoms with E-state index in [-0.39, 0.29) is 11.7 Å². The van der Waals surface area contributed by atoms with Crippen LogP contribution in [0.1, 0.15) is 29.0 Å². The normalized spacial score (nSPS) is 12.1. The van der Waals surface area contributed by atoms with E-state index >= 15 is 0 Å². The van der Waals surface area contributed by atoms with E-state index in [4.69, 9.17) is 0 Å². The van der Waals surface area contributed by atoms with Gasteiger partial charge in [0.25, 0.3) is 11.5 Å². The molecule has 0 saturated heterocycles. The molecule has 0 unspecified atom stereocenters. The van der Waals surface area contributed by atoms with Crippen molar-refractivity contribution in [3.05, 3.63) is 76.2 Å². The predicted octanol–water partition coefficient (Wildman–Crippen LogP) is 2.42. The molecular weight excluding hydrogens is 290 g/mol. The Labute approximate surface area is 133 Å². The van der Waals surface area contributed by atoms with Crippen LogP contribution in [0.2, 0.25) is 0 Å². The Morgan fingerprint density at radius 2 is 1.74 bits per heavy atom. The van der Waals surface area contributed by atoms with Crippen molar-refractivity contribution in [3.8, 4) is 0 Å². The van der Waals surface area contributed by atoms with Crippen LogP contribution in [0.5, 0.6) is 0 Å². The van der Waals surface area contributed by atoms with Gasteiger partial charge < -0.3 is 9.88 Å². The second-order valence-corrected chi connectivity index (χ2v) is 5.42. The average molecular weight is 307 g/mol. The van der Waals surface area contributed by atoms with E-state index in [1.165, 1.54) is 4.57 Å². The quantitative estimate of drug-likeness (QED) is 0.808. The molecule has 0 bridgehead atoms. The summed E-state index contributed by atoms with van der Waals surface area (Å²) in [5.41, 5.74) is 1.80. The van der Waals surface area contributed by atoms with Gasteiger partial charge in [0.05, 0.1) is 17.1 Å². The number of fused-ring (bicyclic) bond motifs is 1. The Balaban J connectivity index is 1.95. The Bertz CT molecular complexity index is 916. The highest BCUT2D eigenvalue weighted by Gasteiger charge is 2.18. The third-order valence-electron chi connectivity index (χ3n) is 3.84. The molecule has 1 N–H and O–H groups in total. The molecule has 5 nitrogen and oxygen atoms in total. The second kappa shape index (κ2) is 6.04. The highest BCUT2D eigenvalue weighted by atomic mass is 16.2. The van der Waals surface area contributed by atoms with Crippen LogP contribution in [0, 0.1) is 0 Å². The third-order valence-corrected chi connectivity index (χ3v) is 3.84. The van der Waals surface area contributed by atoms with Crippen molar-refractivity contribution in [3.63, 3.8) is 0 Å². The number of benzene rings is 2. The SMILES string of the molecule is C[C@@H](NC(=O)c1nc2ccccc2n(C)c1=O)c1ccccc1. The maximum absolute atomic E-state index is 12.5. The zero-order valence-electron chi connectivity index (χ0n) is 13.0. The number of nitrogens with zero attached hydrogens (tertiary/aromatic N) is 2. The topological polar surface area (TPSA) is 64.0 Å². The van der Waals surface area contributed by atoms with Gasteiger partial charge in [-0.3, -0.25) is 9.59 Å². The number of carbonyl (C=O) groups excluding carboxylic acids is 1. The first-order chi connectivity index (χ1) is 11.1. The molecule has 23 heavy (non-hydrogen) atoms. The van der Waals surface area contributed by atoms with Crippen molar-refractivity contribution in [1.82, 2.24) is 14.9 Å². The van der Waals surface area contributed by atoms with Crippen LogP contribution < -0.4 is 10.9 Å². The lowest BCUT2D eigenvalue weighted by atomic mass is 10.1. The van der Waals surface area contributed by atoms with E-state index in [0.717, 1.165) is 5.56 Å². The summed E-state index contributed by atoms with van der Waals surface area (Å²) in [6, 6.07) is 16.6. The minimum atomic E-state index is -0.465. The van der Waals surface area contributed by atoms with Gasteiger partial charge in [-0.05, 0) is 24.6 Å². The number of hydrogen-bond donors (Lipinski definition) is 1. The van der Waals surface area contributed by atoms with Gasteiger partial charge in [0.2, 0.25) is 0 Å². The van der Waals surface area contributed by atoms with Crippen molar-refractivity contribution in [2.45, 2.75) is 13.0 Å². The molecule has 1 amide bonds. The number of amides is 1. The molecule has 3 rings (SSSR count). The second-order valence-electron chi connectivity index (χ2n) is 5.42. The molecule has 3 aromatic rings. The molecule has 0 spiro atoms.